The standard InChI is InChI=1S/C9H15N3O3/c1-6-3-10-12(9(6)15)4-8(14)11-7(2)5-13/h5-7,9,15H,3-4H2,1-2H3/p+1. The van der Waals surface area contributed by atoms with E-state index in [-0.39, 0.29) is 18.4 Å². The summed E-state index contributed by atoms with van der Waals surface area (Å²) in [5, 5.41) is 16.1. The second-order valence-electron chi connectivity index (χ2n) is 3.80. The third-order valence-corrected chi connectivity index (χ3v) is 2.26. The van der Waals surface area contributed by atoms with Gasteiger partial charge in [-0.15, -0.1) is 0 Å². The minimum absolute atomic E-state index is 0.0102. The zero-order valence-electron chi connectivity index (χ0n) is 8.88. The number of hydrogen-bond acceptors (Lipinski definition) is 4. The average molecular weight is 214 g/mol. The molecule has 6 nitrogen and oxygen atoms in total. The van der Waals surface area contributed by atoms with Crippen LogP contribution < -0.4 is 5.32 Å². The lowest BCUT2D eigenvalue weighted by molar-refractivity contribution is -0.646. The molecule has 3 atom stereocenters. The quantitative estimate of drug-likeness (QED) is 0.471. The summed E-state index contributed by atoms with van der Waals surface area (Å²) >= 11 is 0. The van der Waals surface area contributed by atoms with Crippen LogP contribution in [0.5, 0.6) is 0 Å². The Balaban J connectivity index is 2.42. The Hall–Kier alpha value is -1.30. The predicted molar refractivity (Wildman–Crippen MR) is 51.3 cm³/mol. The van der Waals surface area contributed by atoms with Crippen LogP contribution in [0.4, 0.5) is 0 Å². The highest BCUT2D eigenvalue weighted by Gasteiger charge is 2.34. The minimum Gasteiger partial charge on any atom is -0.341 e. The number of azo groups is 2. The summed E-state index contributed by atoms with van der Waals surface area (Å²) < 4.78 is 1.34. The number of aliphatic hydroxyl groups is 1. The summed E-state index contributed by atoms with van der Waals surface area (Å²) in [6.45, 7) is 3.96. The number of aldehydes is 1. The Bertz CT molecular complexity index is 290. The molecule has 6 heteroatoms. The van der Waals surface area contributed by atoms with E-state index in [1.54, 1.807) is 6.92 Å². The molecular weight excluding hydrogens is 198 g/mol. The molecule has 0 aromatic heterocycles. The van der Waals surface area contributed by atoms with Gasteiger partial charge in [0.1, 0.15) is 12.8 Å². The van der Waals surface area contributed by atoms with Gasteiger partial charge in [-0.1, -0.05) is 11.6 Å². The fourth-order valence-electron chi connectivity index (χ4n) is 1.33. The van der Waals surface area contributed by atoms with Crippen LogP contribution in [0.2, 0.25) is 0 Å². The molecule has 0 aromatic carbocycles. The van der Waals surface area contributed by atoms with Crippen molar-refractivity contribution in [2.45, 2.75) is 26.1 Å². The molecule has 3 unspecified atom stereocenters. The Kier molecular flexibility index (Phi) is 3.90. The summed E-state index contributed by atoms with van der Waals surface area (Å²) in [6, 6.07) is -0.505. The van der Waals surface area contributed by atoms with Gasteiger partial charge in [-0.3, -0.25) is 4.79 Å². The zero-order chi connectivity index (χ0) is 11.4. The van der Waals surface area contributed by atoms with Gasteiger partial charge in [0.25, 0.3) is 12.1 Å². The average Bonchev–Trinajstić information content (AvgIpc) is 2.49. The van der Waals surface area contributed by atoms with E-state index in [0.717, 1.165) is 0 Å². The Labute approximate surface area is 88.0 Å². The summed E-state index contributed by atoms with van der Waals surface area (Å²) in [6.07, 6.45) is -0.0553. The van der Waals surface area contributed by atoms with E-state index < -0.39 is 12.3 Å². The maximum absolute atomic E-state index is 11.3. The third-order valence-electron chi connectivity index (χ3n) is 2.26. The SMILES string of the molecule is CC(C=O)NC(=O)C[N+]1=NCC(C)C1O. The highest BCUT2D eigenvalue weighted by Crippen LogP contribution is 2.12. The molecular formula is C9H16N3O3+. The monoisotopic (exact) mass is 214 g/mol. The smallest absolute Gasteiger partial charge is 0.288 e. The summed E-state index contributed by atoms with van der Waals surface area (Å²) in [5.41, 5.74) is 0. The van der Waals surface area contributed by atoms with Gasteiger partial charge in [-0.05, 0) is 12.0 Å². The van der Waals surface area contributed by atoms with Crippen LogP contribution >= 0.6 is 0 Å². The molecule has 0 saturated carbocycles. The summed E-state index contributed by atoms with van der Waals surface area (Å²) in [7, 11) is 0. The normalized spacial score (nSPS) is 27.0. The van der Waals surface area contributed by atoms with Gasteiger partial charge in [0.05, 0.1) is 12.0 Å². The van der Waals surface area contributed by atoms with Crippen molar-refractivity contribution < 1.29 is 19.4 Å². The predicted octanol–water partition coefficient (Wildman–Crippen LogP) is -0.877. The number of hydrogen-bond donors (Lipinski definition) is 2. The first-order valence-electron chi connectivity index (χ1n) is 4.91. The van der Waals surface area contributed by atoms with Crippen molar-refractivity contribution >= 4 is 12.2 Å². The van der Waals surface area contributed by atoms with E-state index in [9.17, 15) is 14.7 Å². The van der Waals surface area contributed by atoms with Gasteiger partial charge in [-0.25, -0.2) is 0 Å². The van der Waals surface area contributed by atoms with Crippen LogP contribution in [0, 0.1) is 5.92 Å². The Morgan fingerprint density at radius 1 is 1.80 bits per heavy atom. The molecule has 0 fully saturated rings. The fourth-order valence-corrected chi connectivity index (χ4v) is 1.33. The molecule has 0 aromatic rings. The fraction of sp³-hybridized carbons (Fsp3) is 0.778. The van der Waals surface area contributed by atoms with Gasteiger partial charge in [0.15, 0.2) is 0 Å². The van der Waals surface area contributed by atoms with Crippen LogP contribution in [0.15, 0.2) is 5.11 Å². The van der Waals surface area contributed by atoms with Gasteiger partial charge >= 0.3 is 0 Å². The van der Waals surface area contributed by atoms with Crippen LogP contribution in [-0.2, 0) is 9.59 Å². The molecule has 2 N–H and O–H groups in total. The molecule has 1 rings (SSSR count). The van der Waals surface area contributed by atoms with Crippen molar-refractivity contribution in [2.75, 3.05) is 13.1 Å². The zero-order valence-corrected chi connectivity index (χ0v) is 8.88. The van der Waals surface area contributed by atoms with Crippen molar-refractivity contribution in [2.24, 2.45) is 11.0 Å². The first-order valence-corrected chi connectivity index (χ1v) is 4.91. The van der Waals surface area contributed by atoms with Crippen LogP contribution in [0.25, 0.3) is 0 Å². The maximum atomic E-state index is 11.3. The van der Waals surface area contributed by atoms with E-state index in [1.165, 1.54) is 4.70 Å². The van der Waals surface area contributed by atoms with E-state index >= 15 is 0 Å². The topological polar surface area (TPSA) is 81.8 Å². The van der Waals surface area contributed by atoms with Crippen LogP contribution in [0.3, 0.4) is 0 Å². The second-order valence-corrected chi connectivity index (χ2v) is 3.80. The molecule has 0 spiro atoms. The molecule has 0 bridgehead atoms. The molecule has 1 heterocycles. The Morgan fingerprint density at radius 3 is 2.93 bits per heavy atom. The van der Waals surface area contributed by atoms with Crippen LogP contribution in [0.1, 0.15) is 13.8 Å². The Morgan fingerprint density at radius 2 is 2.47 bits per heavy atom. The number of nitrogens with zero attached hydrogens (tertiary/aromatic N) is 2. The second kappa shape index (κ2) is 4.97. The number of carbonyl (C=O) groups excluding carboxylic acids is 2. The lowest BCUT2D eigenvalue weighted by atomic mass is 10.2. The summed E-state index contributed by atoms with van der Waals surface area (Å²) in [4.78, 5) is 21.6. The molecule has 0 saturated heterocycles. The molecule has 1 aliphatic rings. The van der Waals surface area contributed by atoms with Crippen molar-refractivity contribution in [3.8, 4) is 0 Å². The van der Waals surface area contributed by atoms with E-state index in [4.69, 9.17) is 0 Å². The third kappa shape index (κ3) is 3.09. The molecule has 1 amide bonds. The minimum atomic E-state index is -0.706. The van der Waals surface area contributed by atoms with E-state index in [1.807, 2.05) is 6.92 Å². The van der Waals surface area contributed by atoms with Gasteiger partial charge in [-0.2, -0.15) is 0 Å². The highest BCUT2D eigenvalue weighted by molar-refractivity contribution is 5.80. The van der Waals surface area contributed by atoms with Gasteiger partial charge < -0.3 is 15.2 Å². The molecule has 0 aliphatic carbocycles. The van der Waals surface area contributed by atoms with Gasteiger partial charge in [0.2, 0.25) is 6.54 Å². The van der Waals surface area contributed by atoms with Crippen molar-refractivity contribution in [3.05, 3.63) is 0 Å². The first kappa shape index (κ1) is 11.8. The number of carbonyl (C=O) groups is 2. The molecule has 15 heavy (non-hydrogen) atoms. The lowest BCUT2D eigenvalue weighted by Crippen LogP contribution is -2.40. The first-order chi connectivity index (χ1) is 7.04. The molecule has 84 valence electrons. The largest absolute Gasteiger partial charge is 0.341 e. The van der Waals surface area contributed by atoms with Gasteiger partial charge in [0, 0.05) is 0 Å². The lowest BCUT2D eigenvalue weighted by Gasteiger charge is -2.07. The summed E-state index contributed by atoms with van der Waals surface area (Å²) in [5.74, 6) is -0.271. The van der Waals surface area contributed by atoms with E-state index in [0.29, 0.717) is 12.8 Å². The van der Waals surface area contributed by atoms with E-state index in [2.05, 4.69) is 10.4 Å². The number of aliphatic hydroxyl groups excluding tert-OH is 1. The molecule has 0 radical (unpaired) electrons. The van der Waals surface area contributed by atoms with Crippen molar-refractivity contribution in [3.63, 3.8) is 0 Å². The number of amides is 1. The number of rotatable bonds is 4. The number of nitrogens with one attached hydrogen (secondary N) is 1. The van der Waals surface area contributed by atoms with Crippen molar-refractivity contribution in [1.29, 1.82) is 0 Å². The maximum Gasteiger partial charge on any atom is 0.288 e. The molecule has 1 aliphatic heterocycles. The van der Waals surface area contributed by atoms with Crippen molar-refractivity contribution in [1.82, 2.24) is 5.32 Å². The van der Waals surface area contributed by atoms with Crippen LogP contribution in [-0.4, -0.2) is 47.4 Å². The highest BCUT2D eigenvalue weighted by atomic mass is 16.3.